The molecule has 2 aliphatic rings. The number of para-hydroxylation sites is 1. The van der Waals surface area contributed by atoms with Gasteiger partial charge in [0.05, 0.1) is 41.0 Å². The molecule has 3 heterocycles. The van der Waals surface area contributed by atoms with Gasteiger partial charge in [0.1, 0.15) is 29.1 Å². The summed E-state index contributed by atoms with van der Waals surface area (Å²) in [4.78, 5) is 29.4. The quantitative estimate of drug-likeness (QED) is 0.304. The summed E-state index contributed by atoms with van der Waals surface area (Å²) in [6.45, 7) is 4.58. The Bertz CT molecular complexity index is 1400. The number of aliphatic carboxylic acids is 1. The van der Waals surface area contributed by atoms with Gasteiger partial charge in [-0.25, -0.2) is 9.78 Å². The van der Waals surface area contributed by atoms with Gasteiger partial charge in [0.25, 0.3) is 0 Å². The van der Waals surface area contributed by atoms with Gasteiger partial charge >= 0.3 is 11.8 Å². The van der Waals surface area contributed by atoms with Crippen LogP contribution in [0.2, 0.25) is 0 Å². The second-order valence-electron chi connectivity index (χ2n) is 10.2. The minimum Gasteiger partial charge on any atom is -0.476 e. The highest BCUT2D eigenvalue weighted by atomic mass is 79.9. The monoisotopic (exact) mass is 636 g/mol. The molecule has 2 aliphatic heterocycles. The summed E-state index contributed by atoms with van der Waals surface area (Å²) in [5.74, 6) is -5.29. The van der Waals surface area contributed by atoms with E-state index < -0.39 is 60.3 Å². The van der Waals surface area contributed by atoms with Crippen molar-refractivity contribution in [1.29, 1.82) is 0 Å². The van der Waals surface area contributed by atoms with Crippen LogP contribution in [0, 0.1) is 0 Å². The number of thiazole rings is 1. The minimum absolute atomic E-state index is 0.00763. The normalized spacial score (nSPS) is 28.8. The van der Waals surface area contributed by atoms with E-state index in [1.807, 2.05) is 24.3 Å². The predicted octanol–water partition coefficient (Wildman–Crippen LogP) is 3.05. The molecule has 214 valence electrons. The van der Waals surface area contributed by atoms with Gasteiger partial charge in [-0.3, -0.25) is 4.79 Å². The molecule has 4 N–H and O–H groups in total. The molecule has 3 aromatic rings. The molecule has 11 nitrogen and oxygen atoms in total. The maximum Gasteiger partial charge on any atom is 0.377 e. The number of ether oxygens (including phenoxy) is 4. The first-order valence-corrected chi connectivity index (χ1v) is 14.2. The lowest BCUT2D eigenvalue weighted by molar-refractivity contribution is -0.285. The van der Waals surface area contributed by atoms with Crippen LogP contribution >= 0.6 is 27.3 Å². The fraction of sp³-hybridized carbons (Fsp3) is 0.444. The molecule has 5 rings (SSSR count). The molecule has 6 atom stereocenters. The number of carbonyl (C=O) groups excluding carboxylic acids is 1. The van der Waals surface area contributed by atoms with Crippen LogP contribution in [0.15, 0.2) is 46.9 Å². The number of nitrogens with zero attached hydrogens (tertiary/aromatic N) is 1. The summed E-state index contributed by atoms with van der Waals surface area (Å²) in [6, 6.07) is 11.4. The molecule has 6 unspecified atom stereocenters. The number of aliphatic hydroxyl groups is 2. The van der Waals surface area contributed by atoms with Crippen LogP contribution in [-0.2, 0) is 23.8 Å². The first-order valence-electron chi connectivity index (χ1n) is 12.6. The Morgan fingerprint density at radius 2 is 1.98 bits per heavy atom. The van der Waals surface area contributed by atoms with Crippen molar-refractivity contribution in [2.24, 2.45) is 0 Å². The van der Waals surface area contributed by atoms with Crippen molar-refractivity contribution >= 4 is 49.4 Å². The number of carbonyl (C=O) groups is 2. The van der Waals surface area contributed by atoms with Crippen molar-refractivity contribution in [2.45, 2.75) is 69.2 Å². The van der Waals surface area contributed by atoms with Gasteiger partial charge in [-0.05, 0) is 44.2 Å². The van der Waals surface area contributed by atoms with Gasteiger partial charge in [0.2, 0.25) is 5.91 Å². The van der Waals surface area contributed by atoms with Gasteiger partial charge in [-0.2, -0.15) is 0 Å². The Morgan fingerprint density at radius 1 is 1.23 bits per heavy atom. The van der Waals surface area contributed by atoms with Gasteiger partial charge in [0, 0.05) is 11.4 Å². The molecular formula is C27H29BrN2O9S. The molecule has 2 fully saturated rings. The maximum absolute atomic E-state index is 12.8. The van der Waals surface area contributed by atoms with Crippen molar-refractivity contribution in [1.82, 2.24) is 10.3 Å². The number of fused-ring (bicyclic) bond motifs is 1. The summed E-state index contributed by atoms with van der Waals surface area (Å²) >= 11 is 4.86. The second-order valence-corrected chi connectivity index (χ2v) is 12.2. The second kappa shape index (κ2) is 11.0. The fourth-order valence-corrected chi connectivity index (χ4v) is 6.27. The molecule has 1 aromatic heterocycles. The number of benzene rings is 2. The van der Waals surface area contributed by atoms with Crippen LogP contribution in [-0.4, -0.2) is 80.8 Å². The van der Waals surface area contributed by atoms with Crippen molar-refractivity contribution in [2.75, 3.05) is 6.61 Å². The number of amides is 1. The Labute approximate surface area is 242 Å². The summed E-state index contributed by atoms with van der Waals surface area (Å²) in [6.07, 6.45) is -5.82. The summed E-state index contributed by atoms with van der Waals surface area (Å²) < 4.78 is 25.1. The molecule has 13 heteroatoms. The topological polar surface area (TPSA) is 157 Å². The lowest BCUT2D eigenvalue weighted by atomic mass is 9.88. The van der Waals surface area contributed by atoms with Crippen LogP contribution in [0.3, 0.4) is 0 Å². The zero-order valence-electron chi connectivity index (χ0n) is 21.9. The van der Waals surface area contributed by atoms with Crippen LogP contribution in [0.25, 0.3) is 20.8 Å². The van der Waals surface area contributed by atoms with E-state index in [9.17, 15) is 24.9 Å². The van der Waals surface area contributed by atoms with Gasteiger partial charge < -0.3 is 39.6 Å². The molecule has 0 radical (unpaired) electrons. The zero-order chi connectivity index (χ0) is 28.8. The first-order chi connectivity index (χ1) is 18.9. The Balaban J connectivity index is 1.53. The Kier molecular flexibility index (Phi) is 7.92. The molecule has 40 heavy (non-hydrogen) atoms. The maximum atomic E-state index is 12.8. The summed E-state index contributed by atoms with van der Waals surface area (Å²) in [5.41, 5.74) is 1.28. The highest BCUT2D eigenvalue weighted by Gasteiger charge is 2.58. The van der Waals surface area contributed by atoms with E-state index in [1.165, 1.54) is 18.3 Å². The van der Waals surface area contributed by atoms with E-state index in [0.717, 1.165) is 10.2 Å². The van der Waals surface area contributed by atoms with Crippen molar-refractivity contribution in [3.63, 3.8) is 0 Å². The number of hydrogen-bond donors (Lipinski definition) is 4. The highest BCUT2D eigenvalue weighted by Crippen LogP contribution is 2.42. The largest absolute Gasteiger partial charge is 0.476 e. The number of aliphatic hydroxyl groups excluding tert-OH is 2. The van der Waals surface area contributed by atoms with Crippen LogP contribution < -0.4 is 10.1 Å². The average Bonchev–Trinajstić information content (AvgIpc) is 3.48. The molecule has 0 saturated carbocycles. The lowest BCUT2D eigenvalue weighted by Gasteiger charge is -2.46. The van der Waals surface area contributed by atoms with E-state index in [2.05, 4.69) is 26.2 Å². The molecule has 0 bridgehead atoms. The van der Waals surface area contributed by atoms with Crippen LogP contribution in [0.5, 0.6) is 5.75 Å². The summed E-state index contributed by atoms with van der Waals surface area (Å²) in [5, 5.41) is 36.0. The molecule has 0 spiro atoms. The fourth-order valence-electron chi connectivity index (χ4n) is 4.92. The number of aromatic nitrogens is 1. The third kappa shape index (κ3) is 5.73. The third-order valence-corrected chi connectivity index (χ3v) is 8.32. The number of halogens is 1. The predicted molar refractivity (Wildman–Crippen MR) is 148 cm³/mol. The number of nitrogens with one attached hydrogen (secondary N) is 1. The van der Waals surface area contributed by atoms with Crippen molar-refractivity contribution < 1.29 is 43.9 Å². The smallest absolute Gasteiger partial charge is 0.377 e. The van der Waals surface area contributed by atoms with Gasteiger partial charge in [-0.1, -0.05) is 28.1 Å². The van der Waals surface area contributed by atoms with E-state index in [-0.39, 0.29) is 12.4 Å². The molecule has 2 aromatic carbocycles. The Hall–Kier alpha value is -2.65. The van der Waals surface area contributed by atoms with E-state index in [1.54, 1.807) is 32.0 Å². The van der Waals surface area contributed by atoms with Gasteiger partial charge in [-0.15, -0.1) is 11.3 Å². The molecule has 2 saturated heterocycles. The number of hydrogen-bond acceptors (Lipinski definition) is 10. The number of carboxylic acids is 1. The Morgan fingerprint density at radius 3 is 2.62 bits per heavy atom. The van der Waals surface area contributed by atoms with E-state index in [4.69, 9.17) is 18.9 Å². The SMILES string of the molecule is CC(=O)NC1C(O)CC(Oc2ccc(Br)cc2-c2nc3ccccc3s2)(C(=O)O)OC1C(O)C1COC(C)(C)O1. The minimum atomic E-state index is -2.42. The number of rotatable bonds is 7. The summed E-state index contributed by atoms with van der Waals surface area (Å²) in [7, 11) is 0. The lowest BCUT2D eigenvalue weighted by Crippen LogP contribution is -2.68. The van der Waals surface area contributed by atoms with E-state index in [0.29, 0.717) is 15.0 Å². The molecular weight excluding hydrogens is 608 g/mol. The third-order valence-electron chi connectivity index (χ3n) is 6.76. The van der Waals surface area contributed by atoms with E-state index >= 15 is 0 Å². The zero-order valence-corrected chi connectivity index (χ0v) is 24.3. The molecule has 0 aliphatic carbocycles. The van der Waals surface area contributed by atoms with Crippen molar-refractivity contribution in [3.8, 4) is 16.3 Å². The number of carboxylic acid groups (broad SMARTS) is 1. The first kappa shape index (κ1) is 28.9. The van der Waals surface area contributed by atoms with Crippen LogP contribution in [0.1, 0.15) is 27.2 Å². The van der Waals surface area contributed by atoms with Crippen LogP contribution in [0.4, 0.5) is 0 Å². The molecule has 1 amide bonds. The van der Waals surface area contributed by atoms with Crippen molar-refractivity contribution in [3.05, 3.63) is 46.9 Å². The van der Waals surface area contributed by atoms with Gasteiger partial charge in [0.15, 0.2) is 5.79 Å². The average molecular weight is 638 g/mol. The standard InChI is InChI=1S/C27H29BrN2O9S/c1-13(31)29-21-17(32)11-27(25(34)35,39-23(21)22(33)19-12-36-26(2,3)37-19)38-18-9-8-14(28)10-15(18)24-30-16-6-4-5-7-20(16)40-24/h4-10,17,19,21-23,32-33H,11-12H2,1-3H3,(H,29,31)(H,34,35). The highest BCUT2D eigenvalue weighted by molar-refractivity contribution is 9.10.